The van der Waals surface area contributed by atoms with Crippen molar-refractivity contribution in [3.63, 3.8) is 0 Å². The van der Waals surface area contributed by atoms with Crippen LogP contribution in [0.25, 0.3) is 10.9 Å². The van der Waals surface area contributed by atoms with Crippen molar-refractivity contribution in [1.82, 2.24) is 15.1 Å². The lowest BCUT2D eigenvalue weighted by Gasteiger charge is -2.30. The molecule has 2 heterocycles. The molecule has 1 aromatic heterocycles. The number of carbonyl (C=O) groups is 3. The Morgan fingerprint density at radius 3 is 2.47 bits per heavy atom. The van der Waals surface area contributed by atoms with Gasteiger partial charge in [-0.2, -0.15) is 5.10 Å². The topological polar surface area (TPSA) is 107 Å². The zero-order valence-corrected chi connectivity index (χ0v) is 20.4. The van der Waals surface area contributed by atoms with Gasteiger partial charge in [-0.1, -0.05) is 6.07 Å². The van der Waals surface area contributed by atoms with Gasteiger partial charge < -0.3 is 15.5 Å². The molecule has 5 rings (SSSR count). The van der Waals surface area contributed by atoms with Crippen LogP contribution in [0.15, 0.2) is 54.6 Å². The SMILES string of the molecule is CC(=O)Nc1ccc(C(=O)N2CCc3ccc(C(=O)Nc4ccc5n[nH]c(C)c5c4)cc3C2)c(C)c1. The van der Waals surface area contributed by atoms with Gasteiger partial charge >= 0.3 is 0 Å². The second kappa shape index (κ2) is 9.30. The molecule has 0 aliphatic carbocycles. The number of nitrogens with one attached hydrogen (secondary N) is 3. The molecule has 0 fully saturated rings. The molecule has 0 saturated carbocycles. The third-order valence-electron chi connectivity index (χ3n) is 6.55. The minimum absolute atomic E-state index is 0.0637. The van der Waals surface area contributed by atoms with E-state index in [1.165, 1.54) is 6.92 Å². The fourth-order valence-corrected chi connectivity index (χ4v) is 4.65. The van der Waals surface area contributed by atoms with Crippen molar-refractivity contribution >= 4 is 40.0 Å². The van der Waals surface area contributed by atoms with Gasteiger partial charge in [-0.3, -0.25) is 19.5 Å². The lowest BCUT2D eigenvalue weighted by atomic mass is 9.96. The number of hydrogen-bond acceptors (Lipinski definition) is 4. The van der Waals surface area contributed by atoms with Gasteiger partial charge in [0.15, 0.2) is 0 Å². The fourth-order valence-electron chi connectivity index (χ4n) is 4.65. The van der Waals surface area contributed by atoms with Gasteiger partial charge in [0.25, 0.3) is 11.8 Å². The van der Waals surface area contributed by atoms with Crippen molar-refractivity contribution < 1.29 is 14.4 Å². The minimum atomic E-state index is -0.203. The largest absolute Gasteiger partial charge is 0.334 e. The Morgan fingerprint density at radius 1 is 0.917 bits per heavy atom. The van der Waals surface area contributed by atoms with E-state index < -0.39 is 0 Å². The molecule has 36 heavy (non-hydrogen) atoms. The van der Waals surface area contributed by atoms with E-state index in [0.29, 0.717) is 35.6 Å². The predicted molar refractivity (Wildman–Crippen MR) is 139 cm³/mol. The Morgan fingerprint density at radius 2 is 1.69 bits per heavy atom. The molecule has 8 nitrogen and oxygen atoms in total. The van der Waals surface area contributed by atoms with E-state index in [0.717, 1.165) is 39.7 Å². The molecule has 0 saturated heterocycles. The minimum Gasteiger partial charge on any atom is -0.334 e. The van der Waals surface area contributed by atoms with Gasteiger partial charge in [-0.15, -0.1) is 0 Å². The number of benzene rings is 3. The fraction of sp³-hybridized carbons (Fsp3) is 0.214. The van der Waals surface area contributed by atoms with Crippen molar-refractivity contribution in [2.24, 2.45) is 0 Å². The molecule has 4 aromatic rings. The maximum Gasteiger partial charge on any atom is 0.255 e. The Hall–Kier alpha value is -4.46. The second-order valence-electron chi connectivity index (χ2n) is 9.21. The summed E-state index contributed by atoms with van der Waals surface area (Å²) in [5.41, 5.74) is 7.22. The highest BCUT2D eigenvalue weighted by molar-refractivity contribution is 6.05. The number of H-pyrrole nitrogens is 1. The van der Waals surface area contributed by atoms with E-state index in [2.05, 4.69) is 20.8 Å². The van der Waals surface area contributed by atoms with Crippen LogP contribution in [-0.4, -0.2) is 39.4 Å². The molecule has 3 N–H and O–H groups in total. The molecule has 0 bridgehead atoms. The van der Waals surface area contributed by atoms with Crippen LogP contribution >= 0.6 is 0 Å². The van der Waals surface area contributed by atoms with E-state index in [-0.39, 0.29) is 17.7 Å². The lowest BCUT2D eigenvalue weighted by molar-refractivity contribution is -0.114. The van der Waals surface area contributed by atoms with Crippen LogP contribution in [-0.2, 0) is 17.8 Å². The zero-order chi connectivity index (χ0) is 25.4. The van der Waals surface area contributed by atoms with E-state index in [1.807, 2.05) is 50.2 Å². The molecule has 0 atom stereocenters. The Kier molecular flexibility index (Phi) is 6.01. The van der Waals surface area contributed by atoms with E-state index in [4.69, 9.17) is 0 Å². The molecule has 3 amide bonds. The first-order valence-electron chi connectivity index (χ1n) is 11.8. The maximum absolute atomic E-state index is 13.3. The van der Waals surface area contributed by atoms with Gasteiger partial charge in [0.1, 0.15) is 0 Å². The van der Waals surface area contributed by atoms with Crippen molar-refractivity contribution in [1.29, 1.82) is 0 Å². The molecule has 0 unspecified atom stereocenters. The third-order valence-corrected chi connectivity index (χ3v) is 6.55. The number of carbonyl (C=O) groups excluding carboxylic acids is 3. The molecule has 1 aliphatic heterocycles. The standard InChI is InChI=1S/C28H27N5O3/c1-16-12-22(29-18(3)34)6-8-24(16)28(36)33-11-10-19-4-5-20(13-21(19)15-33)27(35)30-23-7-9-26-25(14-23)17(2)31-32-26/h4-9,12-14H,10-11,15H2,1-3H3,(H,29,34)(H,30,35)(H,31,32). The number of fused-ring (bicyclic) bond motifs is 2. The van der Waals surface area contributed by atoms with Gasteiger partial charge in [0.2, 0.25) is 5.91 Å². The quantitative estimate of drug-likeness (QED) is 0.396. The second-order valence-corrected chi connectivity index (χ2v) is 9.21. The summed E-state index contributed by atoms with van der Waals surface area (Å²) in [4.78, 5) is 39.4. The Balaban J connectivity index is 1.32. The molecule has 0 radical (unpaired) electrons. The highest BCUT2D eigenvalue weighted by atomic mass is 16.2. The molecule has 3 aromatic carbocycles. The monoisotopic (exact) mass is 481 g/mol. The summed E-state index contributed by atoms with van der Waals surface area (Å²) in [6.07, 6.45) is 0.725. The third kappa shape index (κ3) is 4.57. The van der Waals surface area contributed by atoms with Gasteiger partial charge in [-0.25, -0.2) is 0 Å². The molecule has 182 valence electrons. The number of aromatic nitrogens is 2. The zero-order valence-electron chi connectivity index (χ0n) is 20.4. The summed E-state index contributed by atoms with van der Waals surface area (Å²) in [5.74, 6) is -0.421. The molecule has 1 aliphatic rings. The van der Waals surface area contributed by atoms with Crippen LogP contribution in [0.5, 0.6) is 0 Å². The summed E-state index contributed by atoms with van der Waals surface area (Å²) in [5, 5.41) is 13.8. The van der Waals surface area contributed by atoms with Crippen LogP contribution in [0, 0.1) is 13.8 Å². The highest BCUT2D eigenvalue weighted by Gasteiger charge is 2.24. The number of amides is 3. The van der Waals surface area contributed by atoms with Crippen LogP contribution in [0.3, 0.4) is 0 Å². The van der Waals surface area contributed by atoms with Crippen molar-refractivity contribution in [2.75, 3.05) is 17.2 Å². The van der Waals surface area contributed by atoms with Gasteiger partial charge in [-0.05, 0) is 85.5 Å². The number of anilines is 2. The maximum atomic E-state index is 13.3. The summed E-state index contributed by atoms with van der Waals surface area (Å²) >= 11 is 0. The van der Waals surface area contributed by atoms with E-state index in [1.54, 1.807) is 23.1 Å². The van der Waals surface area contributed by atoms with Crippen LogP contribution in [0.4, 0.5) is 11.4 Å². The lowest BCUT2D eigenvalue weighted by Crippen LogP contribution is -2.36. The number of hydrogen-bond donors (Lipinski definition) is 3. The normalized spacial score (nSPS) is 12.8. The number of aromatic amines is 1. The van der Waals surface area contributed by atoms with E-state index >= 15 is 0 Å². The molecule has 8 heteroatoms. The van der Waals surface area contributed by atoms with Gasteiger partial charge in [0, 0.05) is 53.6 Å². The number of nitrogens with zero attached hydrogens (tertiary/aromatic N) is 2. The van der Waals surface area contributed by atoms with Crippen LogP contribution < -0.4 is 10.6 Å². The number of aryl methyl sites for hydroxylation is 2. The van der Waals surface area contributed by atoms with Gasteiger partial charge in [0.05, 0.1) is 5.52 Å². The summed E-state index contributed by atoms with van der Waals surface area (Å²) in [7, 11) is 0. The molecular weight excluding hydrogens is 454 g/mol. The summed E-state index contributed by atoms with van der Waals surface area (Å²) in [6.45, 7) is 6.29. The highest BCUT2D eigenvalue weighted by Crippen LogP contribution is 2.25. The summed E-state index contributed by atoms with van der Waals surface area (Å²) in [6, 6.07) is 16.6. The average Bonchev–Trinajstić information content (AvgIpc) is 3.22. The average molecular weight is 482 g/mol. The number of rotatable bonds is 4. The molecular formula is C28H27N5O3. The van der Waals surface area contributed by atoms with E-state index in [9.17, 15) is 14.4 Å². The smallest absolute Gasteiger partial charge is 0.255 e. The Bertz CT molecular complexity index is 1520. The summed E-state index contributed by atoms with van der Waals surface area (Å²) < 4.78 is 0. The molecule has 0 spiro atoms. The first-order valence-corrected chi connectivity index (χ1v) is 11.8. The van der Waals surface area contributed by atoms with Crippen LogP contribution in [0.2, 0.25) is 0 Å². The Labute approximate surface area is 208 Å². The van der Waals surface area contributed by atoms with Crippen molar-refractivity contribution in [3.05, 3.63) is 88.1 Å². The van der Waals surface area contributed by atoms with Crippen molar-refractivity contribution in [3.8, 4) is 0 Å². The first kappa shape index (κ1) is 23.3. The predicted octanol–water partition coefficient (Wildman–Crippen LogP) is 4.59. The van der Waals surface area contributed by atoms with Crippen LogP contribution in [0.1, 0.15) is 50.0 Å². The van der Waals surface area contributed by atoms with Crippen molar-refractivity contribution in [2.45, 2.75) is 33.7 Å². The first-order chi connectivity index (χ1) is 17.3.